The lowest BCUT2D eigenvalue weighted by atomic mass is 9.63. The lowest BCUT2D eigenvalue weighted by Gasteiger charge is -2.41. The zero-order valence-electron chi connectivity index (χ0n) is 13.7. The molecule has 2 aliphatic rings. The van der Waals surface area contributed by atoms with E-state index in [0.29, 0.717) is 6.79 Å². The van der Waals surface area contributed by atoms with Gasteiger partial charge in [-0.1, -0.05) is 40.3 Å². The van der Waals surface area contributed by atoms with E-state index in [9.17, 15) is 0 Å². The monoisotopic (exact) mass is 284 g/mol. The van der Waals surface area contributed by atoms with Gasteiger partial charge in [0.05, 0.1) is 0 Å². The molecule has 1 aromatic rings. The van der Waals surface area contributed by atoms with Gasteiger partial charge in [0.15, 0.2) is 11.5 Å². The van der Waals surface area contributed by atoms with Crippen LogP contribution in [0.1, 0.15) is 45.2 Å². The maximum atomic E-state index is 5.55. The van der Waals surface area contributed by atoms with Crippen molar-refractivity contribution < 1.29 is 9.47 Å². The van der Waals surface area contributed by atoms with E-state index in [1.165, 1.54) is 22.3 Å². The lowest BCUT2D eigenvalue weighted by molar-refractivity contribution is 0.174. The van der Waals surface area contributed by atoms with Crippen LogP contribution in [0.5, 0.6) is 11.5 Å². The van der Waals surface area contributed by atoms with Gasteiger partial charge in [-0.3, -0.25) is 0 Å². The number of hydrogen-bond donors (Lipinski definition) is 0. The van der Waals surface area contributed by atoms with Crippen LogP contribution in [0.2, 0.25) is 0 Å². The van der Waals surface area contributed by atoms with Gasteiger partial charge in [0.1, 0.15) is 0 Å². The summed E-state index contributed by atoms with van der Waals surface area (Å²) < 4.78 is 11.0. The molecule has 1 aliphatic heterocycles. The Bertz CT molecular complexity index is 648. The van der Waals surface area contributed by atoms with Gasteiger partial charge in [0.2, 0.25) is 6.79 Å². The third-order valence-electron chi connectivity index (χ3n) is 4.58. The molecule has 0 atom stereocenters. The van der Waals surface area contributed by atoms with Crippen LogP contribution < -0.4 is 9.47 Å². The molecule has 0 bridgehead atoms. The summed E-state index contributed by atoms with van der Waals surface area (Å²) in [4.78, 5) is 0. The van der Waals surface area contributed by atoms with E-state index in [1.54, 1.807) is 0 Å². The maximum Gasteiger partial charge on any atom is 0.231 e. The fraction of sp³-hybridized carbons (Fsp3) is 0.474. The first-order chi connectivity index (χ1) is 9.70. The second-order valence-corrected chi connectivity index (χ2v) is 7.61. The predicted molar refractivity (Wildman–Crippen MR) is 86.6 cm³/mol. The van der Waals surface area contributed by atoms with Crippen LogP contribution in [0.4, 0.5) is 0 Å². The Labute approximate surface area is 127 Å². The summed E-state index contributed by atoms with van der Waals surface area (Å²) in [6.07, 6.45) is 3.48. The van der Waals surface area contributed by atoms with Crippen LogP contribution in [-0.2, 0) is 0 Å². The van der Waals surface area contributed by atoms with Crippen molar-refractivity contribution in [3.63, 3.8) is 0 Å². The molecule has 21 heavy (non-hydrogen) atoms. The molecule has 1 aliphatic carbocycles. The minimum atomic E-state index is 0.108. The Kier molecular flexibility index (Phi) is 2.98. The first kappa shape index (κ1) is 14.2. The summed E-state index contributed by atoms with van der Waals surface area (Å²) >= 11 is 0. The summed E-state index contributed by atoms with van der Waals surface area (Å²) in [5.74, 6) is 1.68. The maximum absolute atomic E-state index is 5.55. The molecule has 0 unspecified atom stereocenters. The Morgan fingerprint density at radius 2 is 1.67 bits per heavy atom. The van der Waals surface area contributed by atoms with Crippen molar-refractivity contribution in [3.8, 4) is 11.5 Å². The molecular formula is C19H24O2. The van der Waals surface area contributed by atoms with Crippen LogP contribution in [0, 0.1) is 17.8 Å². The van der Waals surface area contributed by atoms with Crippen LogP contribution in [0.15, 0.2) is 30.4 Å². The molecule has 0 amide bonds. The third kappa shape index (κ3) is 2.37. The van der Waals surface area contributed by atoms with Crippen LogP contribution in [0.3, 0.4) is 0 Å². The van der Waals surface area contributed by atoms with Crippen molar-refractivity contribution in [3.05, 3.63) is 41.5 Å². The van der Waals surface area contributed by atoms with E-state index in [-0.39, 0.29) is 10.8 Å². The van der Waals surface area contributed by atoms with Gasteiger partial charge in [-0.2, -0.15) is 0 Å². The highest BCUT2D eigenvalue weighted by Crippen LogP contribution is 2.51. The minimum absolute atomic E-state index is 0.108. The molecule has 2 nitrogen and oxygen atoms in total. The highest BCUT2D eigenvalue weighted by Gasteiger charge is 2.37. The molecule has 0 aromatic heterocycles. The van der Waals surface area contributed by atoms with Crippen LogP contribution >= 0.6 is 0 Å². The molecule has 112 valence electrons. The normalized spacial score (nSPS) is 22.1. The SMILES string of the molecule is C=C1C(c2cc3c(cc2C)OCO3)=CC(C)(C)CC1(C)C. The standard InChI is InChI=1S/C19H24O2/c1-12-7-16-17(21-11-20-16)8-14(12)15-9-18(3,4)10-19(5,6)13(15)2/h7-9H,2,10-11H2,1,3-6H3. The molecule has 2 heteroatoms. The third-order valence-corrected chi connectivity index (χ3v) is 4.58. The van der Waals surface area contributed by atoms with Gasteiger partial charge in [-0.05, 0) is 58.6 Å². The van der Waals surface area contributed by atoms with E-state index in [4.69, 9.17) is 9.47 Å². The van der Waals surface area contributed by atoms with Crippen molar-refractivity contribution in [1.29, 1.82) is 0 Å². The zero-order chi connectivity index (χ0) is 15.4. The Balaban J connectivity index is 2.15. The first-order valence-corrected chi connectivity index (χ1v) is 7.53. The fourth-order valence-electron chi connectivity index (χ4n) is 3.71. The van der Waals surface area contributed by atoms with E-state index < -0.39 is 0 Å². The number of allylic oxidation sites excluding steroid dienone is 3. The minimum Gasteiger partial charge on any atom is -0.454 e. The van der Waals surface area contributed by atoms with Gasteiger partial charge in [0.25, 0.3) is 0 Å². The average molecular weight is 284 g/mol. The average Bonchev–Trinajstić information content (AvgIpc) is 2.78. The topological polar surface area (TPSA) is 18.5 Å². The predicted octanol–water partition coefficient (Wildman–Crippen LogP) is 5.12. The molecule has 0 N–H and O–H groups in total. The van der Waals surface area contributed by atoms with Gasteiger partial charge < -0.3 is 9.47 Å². The Morgan fingerprint density at radius 1 is 1.05 bits per heavy atom. The van der Waals surface area contributed by atoms with Crippen LogP contribution in [-0.4, -0.2) is 6.79 Å². The number of benzene rings is 1. The Hall–Kier alpha value is -1.70. The van der Waals surface area contributed by atoms with Gasteiger partial charge in [-0.15, -0.1) is 0 Å². The van der Waals surface area contributed by atoms with E-state index >= 15 is 0 Å². The summed E-state index contributed by atoms with van der Waals surface area (Å²) in [6, 6.07) is 4.17. The van der Waals surface area contributed by atoms with Crippen LogP contribution in [0.25, 0.3) is 5.57 Å². The largest absolute Gasteiger partial charge is 0.454 e. The summed E-state index contributed by atoms with van der Waals surface area (Å²) in [5.41, 5.74) is 5.17. The van der Waals surface area contributed by atoms with Crippen molar-refractivity contribution in [1.82, 2.24) is 0 Å². The highest BCUT2D eigenvalue weighted by molar-refractivity contribution is 5.84. The Morgan fingerprint density at radius 3 is 2.33 bits per heavy atom. The summed E-state index contributed by atoms with van der Waals surface area (Å²) in [7, 11) is 0. The molecule has 0 radical (unpaired) electrons. The summed E-state index contributed by atoms with van der Waals surface area (Å²) in [5, 5.41) is 0. The van der Waals surface area contributed by atoms with E-state index in [2.05, 4.69) is 59.4 Å². The van der Waals surface area contributed by atoms with E-state index in [0.717, 1.165) is 17.9 Å². The number of rotatable bonds is 1. The lowest BCUT2D eigenvalue weighted by Crippen LogP contribution is -2.28. The number of aryl methyl sites for hydroxylation is 1. The molecular weight excluding hydrogens is 260 g/mol. The number of ether oxygens (including phenoxy) is 2. The van der Waals surface area contributed by atoms with Crippen molar-refractivity contribution in [2.24, 2.45) is 10.8 Å². The molecule has 0 fully saturated rings. The van der Waals surface area contributed by atoms with E-state index in [1.807, 2.05) is 0 Å². The first-order valence-electron chi connectivity index (χ1n) is 7.53. The quantitative estimate of drug-likeness (QED) is 0.712. The molecule has 0 spiro atoms. The highest BCUT2D eigenvalue weighted by atomic mass is 16.7. The molecule has 3 rings (SSSR count). The fourth-order valence-corrected chi connectivity index (χ4v) is 3.71. The number of fused-ring (bicyclic) bond motifs is 1. The van der Waals surface area contributed by atoms with Gasteiger partial charge in [0, 0.05) is 0 Å². The zero-order valence-corrected chi connectivity index (χ0v) is 13.7. The molecule has 1 aromatic carbocycles. The molecule has 0 saturated heterocycles. The second-order valence-electron chi connectivity index (χ2n) is 7.61. The molecule has 0 saturated carbocycles. The number of hydrogen-bond acceptors (Lipinski definition) is 2. The van der Waals surface area contributed by atoms with Gasteiger partial charge >= 0.3 is 0 Å². The smallest absolute Gasteiger partial charge is 0.231 e. The van der Waals surface area contributed by atoms with Crippen molar-refractivity contribution >= 4 is 5.57 Å². The molecule has 1 heterocycles. The summed E-state index contributed by atoms with van der Waals surface area (Å²) in [6.45, 7) is 16.0. The van der Waals surface area contributed by atoms with Gasteiger partial charge in [-0.25, -0.2) is 0 Å². The van der Waals surface area contributed by atoms with Crippen molar-refractivity contribution in [2.75, 3.05) is 6.79 Å². The second kappa shape index (κ2) is 4.40. The van der Waals surface area contributed by atoms with Crippen molar-refractivity contribution in [2.45, 2.75) is 41.0 Å².